The summed E-state index contributed by atoms with van der Waals surface area (Å²) in [5.41, 5.74) is 4.67. The molecule has 0 N–H and O–H groups in total. The van der Waals surface area contributed by atoms with Crippen LogP contribution in [0, 0.1) is 0 Å². The zero-order chi connectivity index (χ0) is 14.6. The molecule has 114 valence electrons. The first kappa shape index (κ1) is 18.0. The van der Waals surface area contributed by atoms with E-state index in [1.165, 1.54) is 63.4 Å². The van der Waals surface area contributed by atoms with E-state index < -0.39 is 0 Å². The molecule has 0 amide bonds. The van der Waals surface area contributed by atoms with Crippen LogP contribution in [-0.4, -0.2) is 11.5 Å². The van der Waals surface area contributed by atoms with Gasteiger partial charge in [-0.25, -0.2) is 0 Å². The minimum atomic E-state index is 1.00. The van der Waals surface area contributed by atoms with Crippen molar-refractivity contribution in [3.05, 3.63) is 34.9 Å². The van der Waals surface area contributed by atoms with Gasteiger partial charge < -0.3 is 0 Å². The van der Waals surface area contributed by atoms with Gasteiger partial charge in [-0.05, 0) is 79.6 Å². The maximum atomic E-state index is 4.32. The number of hydrogen-bond acceptors (Lipinski definition) is 2. The largest absolute Gasteiger partial charge is 0.179 e. The number of hydrogen-bond donors (Lipinski definition) is 2. The summed E-state index contributed by atoms with van der Waals surface area (Å²) in [6, 6.07) is 7.18. The second-order valence-corrected chi connectivity index (χ2v) is 6.46. The van der Waals surface area contributed by atoms with E-state index in [0.717, 1.165) is 11.5 Å². The summed E-state index contributed by atoms with van der Waals surface area (Å²) in [5, 5.41) is 0. The summed E-state index contributed by atoms with van der Waals surface area (Å²) < 4.78 is 0. The molecule has 0 aliphatic heterocycles. The van der Waals surface area contributed by atoms with Gasteiger partial charge in [0, 0.05) is 0 Å². The molecule has 0 saturated heterocycles. The highest BCUT2D eigenvalue weighted by atomic mass is 32.1. The lowest BCUT2D eigenvalue weighted by atomic mass is 9.94. The minimum Gasteiger partial charge on any atom is -0.179 e. The van der Waals surface area contributed by atoms with Crippen LogP contribution in [0.25, 0.3) is 0 Å². The second kappa shape index (κ2) is 11.6. The standard InChI is InChI=1S/C18H30S2/c1-2-3-9-17-12-11-16(8-4-6-13-19)15-18(17)10-5-7-14-20/h11-12,15,19-20H,2-10,13-14H2,1H3. The van der Waals surface area contributed by atoms with Crippen LogP contribution in [-0.2, 0) is 19.3 Å². The predicted molar refractivity (Wildman–Crippen MR) is 98.6 cm³/mol. The van der Waals surface area contributed by atoms with E-state index in [2.05, 4.69) is 50.4 Å². The molecule has 0 nitrogen and oxygen atoms in total. The first-order chi connectivity index (χ1) is 9.81. The molecule has 0 heterocycles. The van der Waals surface area contributed by atoms with Crippen LogP contribution in [0.5, 0.6) is 0 Å². The van der Waals surface area contributed by atoms with E-state index in [9.17, 15) is 0 Å². The Bertz CT molecular complexity index is 360. The van der Waals surface area contributed by atoms with E-state index in [1.54, 1.807) is 11.1 Å². The summed E-state index contributed by atoms with van der Waals surface area (Å²) in [4.78, 5) is 0. The number of unbranched alkanes of at least 4 members (excludes halogenated alkanes) is 3. The van der Waals surface area contributed by atoms with Gasteiger partial charge in [0.05, 0.1) is 0 Å². The third kappa shape index (κ3) is 7.08. The second-order valence-electron chi connectivity index (χ2n) is 5.57. The van der Waals surface area contributed by atoms with Crippen molar-refractivity contribution in [1.29, 1.82) is 0 Å². The average molecular weight is 311 g/mol. The quantitative estimate of drug-likeness (QED) is 0.389. The molecule has 0 bridgehead atoms. The Hall–Kier alpha value is -0.0800. The van der Waals surface area contributed by atoms with Crippen LogP contribution in [0.3, 0.4) is 0 Å². The normalized spacial score (nSPS) is 10.9. The fourth-order valence-electron chi connectivity index (χ4n) is 2.55. The maximum absolute atomic E-state index is 4.32. The monoisotopic (exact) mass is 310 g/mol. The van der Waals surface area contributed by atoms with Crippen LogP contribution in [0.15, 0.2) is 18.2 Å². The van der Waals surface area contributed by atoms with E-state index in [4.69, 9.17) is 0 Å². The molecule has 0 fully saturated rings. The molecular formula is C18H30S2. The molecule has 0 atom stereocenters. The molecule has 0 spiro atoms. The van der Waals surface area contributed by atoms with E-state index in [-0.39, 0.29) is 0 Å². The molecule has 20 heavy (non-hydrogen) atoms. The van der Waals surface area contributed by atoms with Crippen LogP contribution in [0.1, 0.15) is 62.1 Å². The van der Waals surface area contributed by atoms with Gasteiger partial charge in [-0.2, -0.15) is 25.3 Å². The molecule has 1 aromatic carbocycles. The Morgan fingerprint density at radius 2 is 1.40 bits per heavy atom. The van der Waals surface area contributed by atoms with Gasteiger partial charge in [0.2, 0.25) is 0 Å². The van der Waals surface area contributed by atoms with Gasteiger partial charge in [-0.3, -0.25) is 0 Å². The maximum Gasteiger partial charge on any atom is -0.00978 e. The first-order valence-corrected chi connectivity index (χ1v) is 9.40. The Morgan fingerprint density at radius 1 is 0.750 bits per heavy atom. The van der Waals surface area contributed by atoms with Crippen LogP contribution < -0.4 is 0 Å². The number of rotatable bonds is 11. The Kier molecular flexibility index (Phi) is 10.4. The van der Waals surface area contributed by atoms with Crippen molar-refractivity contribution in [2.75, 3.05) is 11.5 Å². The highest BCUT2D eigenvalue weighted by Gasteiger charge is 2.04. The van der Waals surface area contributed by atoms with Crippen molar-refractivity contribution in [1.82, 2.24) is 0 Å². The lowest BCUT2D eigenvalue weighted by Gasteiger charge is -2.12. The van der Waals surface area contributed by atoms with Gasteiger partial charge in [-0.1, -0.05) is 31.5 Å². The molecule has 0 aromatic heterocycles. The van der Waals surface area contributed by atoms with Gasteiger partial charge in [0.1, 0.15) is 0 Å². The summed E-state index contributed by atoms with van der Waals surface area (Å²) in [5.74, 6) is 2.01. The number of aryl methyl sites for hydroxylation is 3. The van der Waals surface area contributed by atoms with Crippen LogP contribution in [0.2, 0.25) is 0 Å². The van der Waals surface area contributed by atoms with Crippen LogP contribution in [0.4, 0.5) is 0 Å². The van der Waals surface area contributed by atoms with E-state index >= 15 is 0 Å². The third-order valence-corrected chi connectivity index (χ3v) is 4.43. The molecule has 0 aliphatic rings. The number of benzene rings is 1. The van der Waals surface area contributed by atoms with Crippen LogP contribution >= 0.6 is 25.3 Å². The smallest absolute Gasteiger partial charge is 0.00978 e. The molecule has 0 saturated carbocycles. The van der Waals surface area contributed by atoms with Gasteiger partial charge >= 0.3 is 0 Å². The van der Waals surface area contributed by atoms with Crippen molar-refractivity contribution in [3.8, 4) is 0 Å². The molecule has 0 unspecified atom stereocenters. The molecule has 0 radical (unpaired) electrons. The zero-order valence-electron chi connectivity index (χ0n) is 12.9. The van der Waals surface area contributed by atoms with Gasteiger partial charge in [-0.15, -0.1) is 0 Å². The minimum absolute atomic E-state index is 1.00. The molecule has 1 aromatic rings. The lowest BCUT2D eigenvalue weighted by molar-refractivity contribution is 0.755. The van der Waals surface area contributed by atoms with E-state index in [1.807, 2.05) is 0 Å². The van der Waals surface area contributed by atoms with Crippen molar-refractivity contribution < 1.29 is 0 Å². The fourth-order valence-corrected chi connectivity index (χ4v) is 2.99. The first-order valence-electron chi connectivity index (χ1n) is 8.14. The van der Waals surface area contributed by atoms with Crippen molar-refractivity contribution in [3.63, 3.8) is 0 Å². The van der Waals surface area contributed by atoms with Crippen molar-refractivity contribution >= 4 is 25.3 Å². The Labute approximate surface area is 136 Å². The Balaban J connectivity index is 2.67. The summed E-state index contributed by atoms with van der Waals surface area (Å²) in [6.07, 6.45) is 11.2. The highest BCUT2D eigenvalue weighted by Crippen LogP contribution is 2.19. The summed E-state index contributed by atoms with van der Waals surface area (Å²) in [7, 11) is 0. The zero-order valence-corrected chi connectivity index (χ0v) is 14.7. The fraction of sp³-hybridized carbons (Fsp3) is 0.667. The topological polar surface area (TPSA) is 0 Å². The van der Waals surface area contributed by atoms with Gasteiger partial charge in [0.25, 0.3) is 0 Å². The predicted octanol–water partition coefficient (Wildman–Crippen LogP) is 5.53. The summed E-state index contributed by atoms with van der Waals surface area (Å²) >= 11 is 8.61. The third-order valence-electron chi connectivity index (χ3n) is 3.80. The van der Waals surface area contributed by atoms with Crippen molar-refractivity contribution in [2.45, 2.75) is 64.7 Å². The molecule has 1 rings (SSSR count). The highest BCUT2D eigenvalue weighted by molar-refractivity contribution is 7.80. The SMILES string of the molecule is CCCCc1ccc(CCCCS)cc1CCCCS. The Morgan fingerprint density at radius 3 is 2.05 bits per heavy atom. The van der Waals surface area contributed by atoms with Gasteiger partial charge in [0.15, 0.2) is 0 Å². The molecule has 0 aliphatic carbocycles. The molecule has 2 heteroatoms. The summed E-state index contributed by atoms with van der Waals surface area (Å²) in [6.45, 7) is 2.27. The van der Waals surface area contributed by atoms with Crippen molar-refractivity contribution in [2.24, 2.45) is 0 Å². The van der Waals surface area contributed by atoms with E-state index in [0.29, 0.717) is 0 Å². The average Bonchev–Trinajstić information content (AvgIpc) is 2.47. The number of thiol groups is 2. The molecular weight excluding hydrogens is 280 g/mol. The lowest BCUT2D eigenvalue weighted by Crippen LogP contribution is -1.98.